The maximum Gasteiger partial charge on any atom is 0.262 e. The molecule has 0 saturated carbocycles. The van der Waals surface area contributed by atoms with Gasteiger partial charge in [0, 0.05) is 21.3 Å². The summed E-state index contributed by atoms with van der Waals surface area (Å²) < 4.78 is 16.1. The summed E-state index contributed by atoms with van der Waals surface area (Å²) in [6.07, 6.45) is 1.54. The van der Waals surface area contributed by atoms with Crippen LogP contribution < -0.4 is 5.56 Å². The van der Waals surface area contributed by atoms with Crippen LogP contribution in [0.15, 0.2) is 56.7 Å². The minimum Gasteiger partial charge on any atom is -0.494 e. The fourth-order valence-corrected chi connectivity index (χ4v) is 3.75. The van der Waals surface area contributed by atoms with E-state index in [1.165, 1.54) is 24.3 Å². The van der Waals surface area contributed by atoms with Crippen molar-refractivity contribution in [3.63, 3.8) is 0 Å². The van der Waals surface area contributed by atoms with Crippen LogP contribution in [-0.4, -0.2) is 20.4 Å². The molecule has 3 aromatic rings. The number of aromatic nitrogens is 2. The lowest BCUT2D eigenvalue weighted by molar-refractivity contribution is 0.429. The first-order valence-electron chi connectivity index (χ1n) is 8.27. The first-order chi connectivity index (χ1) is 13.4. The van der Waals surface area contributed by atoms with Crippen molar-refractivity contribution in [3.8, 4) is 11.6 Å². The Morgan fingerprint density at radius 3 is 2.79 bits per heavy atom. The van der Waals surface area contributed by atoms with E-state index in [2.05, 4.69) is 25.9 Å². The molecule has 0 unspecified atom stereocenters. The topological polar surface area (TPSA) is 70.4 Å². The third-order valence-corrected chi connectivity index (χ3v) is 5.21. The smallest absolute Gasteiger partial charge is 0.262 e. The molecule has 2 aromatic carbocycles. The van der Waals surface area contributed by atoms with E-state index < -0.39 is 17.3 Å². The Morgan fingerprint density at radius 2 is 2.04 bits per heavy atom. The largest absolute Gasteiger partial charge is 0.494 e. The number of aromatic amines is 1. The molecule has 0 amide bonds. The number of nitrogens with zero attached hydrogens (tertiary/aromatic N) is 2. The molecule has 0 radical (unpaired) electrons. The van der Waals surface area contributed by atoms with Crippen LogP contribution in [0, 0.1) is 10.6 Å². The lowest BCUT2D eigenvalue weighted by Gasteiger charge is -2.12. The van der Waals surface area contributed by atoms with Crippen molar-refractivity contribution in [1.29, 1.82) is 0 Å². The minimum atomic E-state index is -0.576. The second-order valence-corrected chi connectivity index (χ2v) is 7.50. The molecule has 140 valence electrons. The summed E-state index contributed by atoms with van der Waals surface area (Å²) in [6.45, 7) is 1.82. The van der Waals surface area contributed by atoms with Crippen LogP contribution >= 0.6 is 28.1 Å². The number of hydrogen-bond acceptors (Lipinski definition) is 4. The Balaban J connectivity index is 1.98. The van der Waals surface area contributed by atoms with Gasteiger partial charge in [0.25, 0.3) is 5.56 Å². The molecule has 0 aliphatic carbocycles. The highest BCUT2D eigenvalue weighted by molar-refractivity contribution is 9.10. The Morgan fingerprint density at radius 1 is 1.29 bits per heavy atom. The molecule has 28 heavy (non-hydrogen) atoms. The molecular formula is C20H13BrFN3O2S. The van der Waals surface area contributed by atoms with Gasteiger partial charge in [-0.05, 0) is 55.5 Å². The van der Waals surface area contributed by atoms with Crippen molar-refractivity contribution in [1.82, 2.24) is 9.55 Å². The van der Waals surface area contributed by atoms with Crippen molar-refractivity contribution in [2.75, 3.05) is 0 Å². The zero-order chi connectivity index (χ0) is 20.0. The van der Waals surface area contributed by atoms with Gasteiger partial charge in [-0.2, -0.15) is 0 Å². The molecule has 4 rings (SSSR count). The predicted molar refractivity (Wildman–Crippen MR) is 114 cm³/mol. The molecule has 2 N–H and O–H groups in total. The highest BCUT2D eigenvalue weighted by Crippen LogP contribution is 2.38. The summed E-state index contributed by atoms with van der Waals surface area (Å²) in [6, 6.07) is 11.5. The predicted octanol–water partition coefficient (Wildman–Crippen LogP) is 5.15. The third-order valence-electron chi connectivity index (χ3n) is 4.43. The second-order valence-electron chi connectivity index (χ2n) is 6.20. The molecule has 2 heterocycles. The van der Waals surface area contributed by atoms with Crippen LogP contribution in [0.4, 0.5) is 10.1 Å². The van der Waals surface area contributed by atoms with Gasteiger partial charge in [0.2, 0.25) is 5.88 Å². The van der Waals surface area contributed by atoms with Crippen LogP contribution in [0.3, 0.4) is 0 Å². The Hall–Kier alpha value is -2.84. The van der Waals surface area contributed by atoms with E-state index in [1.54, 1.807) is 6.07 Å². The van der Waals surface area contributed by atoms with Gasteiger partial charge in [0.05, 0.1) is 11.4 Å². The third kappa shape index (κ3) is 3.04. The lowest BCUT2D eigenvalue weighted by atomic mass is 10.0. The van der Waals surface area contributed by atoms with E-state index >= 15 is 0 Å². The molecule has 1 aromatic heterocycles. The first-order valence-corrected chi connectivity index (χ1v) is 9.47. The van der Waals surface area contributed by atoms with E-state index in [1.807, 2.05) is 25.1 Å². The number of halogens is 2. The average Bonchev–Trinajstić information content (AvgIpc) is 2.94. The van der Waals surface area contributed by atoms with Crippen LogP contribution in [0.5, 0.6) is 5.88 Å². The summed E-state index contributed by atoms with van der Waals surface area (Å²) in [5.74, 6) is -1.02. The quantitative estimate of drug-likeness (QED) is 0.522. The number of hydrogen-bond donors (Lipinski definition) is 2. The maximum absolute atomic E-state index is 14.3. The zero-order valence-corrected chi connectivity index (χ0v) is 16.9. The minimum absolute atomic E-state index is 0.0331. The molecule has 8 heteroatoms. The van der Waals surface area contributed by atoms with E-state index in [4.69, 9.17) is 12.2 Å². The normalized spacial score (nSPS) is 14.2. The molecule has 5 nitrogen and oxygen atoms in total. The SMILES string of the molecule is CC1=Nc2ccc(Br)cc2C1=Cc1c(O)n(-c2ccccc2F)c(=S)[nH]c1=O. The van der Waals surface area contributed by atoms with Gasteiger partial charge < -0.3 is 5.11 Å². The molecule has 0 fully saturated rings. The van der Waals surface area contributed by atoms with E-state index in [-0.39, 0.29) is 16.0 Å². The zero-order valence-electron chi connectivity index (χ0n) is 14.5. The molecule has 0 saturated heterocycles. The number of H-pyrrole nitrogens is 1. The second kappa shape index (κ2) is 6.96. The molecule has 0 spiro atoms. The van der Waals surface area contributed by atoms with Crippen LogP contribution in [0.25, 0.3) is 17.3 Å². The van der Waals surface area contributed by atoms with Gasteiger partial charge in [0.15, 0.2) is 4.77 Å². The highest BCUT2D eigenvalue weighted by Gasteiger charge is 2.21. The van der Waals surface area contributed by atoms with Gasteiger partial charge in [-0.3, -0.25) is 19.3 Å². The number of aromatic hydroxyl groups is 1. The van der Waals surface area contributed by atoms with Gasteiger partial charge in [0.1, 0.15) is 11.4 Å². The summed E-state index contributed by atoms with van der Waals surface area (Å²) in [4.78, 5) is 19.5. The first kappa shape index (κ1) is 18.5. The molecule has 1 aliphatic rings. The van der Waals surface area contributed by atoms with Gasteiger partial charge in [-0.15, -0.1) is 0 Å². The summed E-state index contributed by atoms with van der Waals surface area (Å²) in [7, 11) is 0. The average molecular weight is 458 g/mol. The fourth-order valence-electron chi connectivity index (χ4n) is 3.11. The van der Waals surface area contributed by atoms with Crippen LogP contribution in [-0.2, 0) is 0 Å². The number of rotatable bonds is 2. The van der Waals surface area contributed by atoms with Crippen molar-refractivity contribution in [3.05, 3.63) is 79.0 Å². The summed E-state index contributed by atoms with van der Waals surface area (Å²) >= 11 is 8.58. The van der Waals surface area contributed by atoms with Crippen molar-refractivity contribution in [2.45, 2.75) is 6.92 Å². The Kier molecular flexibility index (Phi) is 4.60. The van der Waals surface area contributed by atoms with E-state index in [0.717, 1.165) is 20.3 Å². The summed E-state index contributed by atoms with van der Waals surface area (Å²) in [5, 5.41) is 10.8. The molecule has 0 bridgehead atoms. The monoisotopic (exact) mass is 457 g/mol. The van der Waals surface area contributed by atoms with Gasteiger partial charge >= 0.3 is 0 Å². The van der Waals surface area contributed by atoms with E-state index in [0.29, 0.717) is 11.3 Å². The van der Waals surface area contributed by atoms with Gasteiger partial charge in [-0.1, -0.05) is 28.1 Å². The van der Waals surface area contributed by atoms with Crippen molar-refractivity contribution >= 4 is 51.2 Å². The number of nitrogens with one attached hydrogen (secondary N) is 1. The maximum atomic E-state index is 14.3. The number of allylic oxidation sites excluding steroid dienone is 1. The number of fused-ring (bicyclic) bond motifs is 1. The summed E-state index contributed by atoms with van der Waals surface area (Å²) in [5.41, 5.74) is 2.42. The van der Waals surface area contributed by atoms with Crippen molar-refractivity contribution < 1.29 is 9.50 Å². The lowest BCUT2D eigenvalue weighted by Crippen LogP contribution is -2.17. The van der Waals surface area contributed by atoms with Gasteiger partial charge in [-0.25, -0.2) is 4.39 Å². The fraction of sp³-hybridized carbons (Fsp3) is 0.0500. The van der Waals surface area contributed by atoms with E-state index in [9.17, 15) is 14.3 Å². The molecular weight excluding hydrogens is 445 g/mol. The van der Waals surface area contributed by atoms with Crippen molar-refractivity contribution in [2.24, 2.45) is 4.99 Å². The highest BCUT2D eigenvalue weighted by atomic mass is 79.9. The van der Waals surface area contributed by atoms with Crippen LogP contribution in [0.2, 0.25) is 0 Å². The molecule has 0 atom stereocenters. The number of benzene rings is 2. The Bertz CT molecular complexity index is 1310. The Labute approximate surface area is 172 Å². The van der Waals surface area contributed by atoms with Crippen LogP contribution in [0.1, 0.15) is 18.1 Å². The number of aliphatic imine (C=N–C) groups is 1. The number of para-hydroxylation sites is 1. The standard InChI is InChI=1S/C20H13BrFN3O2S/c1-10-12(13-8-11(21)6-7-16(13)23-10)9-14-18(26)24-20(28)25(19(14)27)17-5-3-2-4-15(17)22/h2-9,27H,1H3,(H,24,26,28). The molecule has 1 aliphatic heterocycles.